The molecule has 0 aromatic rings. The fourth-order valence-corrected chi connectivity index (χ4v) is 5.77. The minimum Gasteiger partial charge on any atom is -0.372 e. The van der Waals surface area contributed by atoms with Crippen molar-refractivity contribution >= 4 is 0 Å². The molecule has 0 aromatic heterocycles. The van der Waals surface area contributed by atoms with Crippen molar-refractivity contribution in [3.8, 4) is 0 Å². The second kappa shape index (κ2) is 8.27. The van der Waals surface area contributed by atoms with Crippen LogP contribution in [0.2, 0.25) is 0 Å². The third kappa shape index (κ3) is 4.33. The Bertz CT molecular complexity index is 589. The van der Waals surface area contributed by atoms with Crippen LogP contribution >= 0.6 is 0 Å². The van der Waals surface area contributed by atoms with Gasteiger partial charge in [-0.2, -0.15) is 0 Å². The Morgan fingerprint density at radius 2 is 1.47 bits per heavy atom. The first-order valence-electron chi connectivity index (χ1n) is 12.3. The van der Waals surface area contributed by atoms with Gasteiger partial charge >= 0.3 is 0 Å². The molecule has 5 rings (SSSR count). The second-order valence-corrected chi connectivity index (χ2v) is 11.2. The molecule has 3 heterocycles. The standard InChI is InChI=1S/C24H40O6/c1-22(2,3)14-15-25-19-18(17-16-26-23(28-17)10-6-4-7-11-23)27-21-20(19)29-24(30-21)12-8-5-9-13-24/h17-21H,4-16H2,1-3H3/t17?,18-,19+,20-,21-/m1/s1. The number of hydrogen-bond donors (Lipinski definition) is 0. The van der Waals surface area contributed by atoms with E-state index in [1.807, 2.05) is 0 Å². The molecule has 3 saturated heterocycles. The molecule has 0 amide bonds. The van der Waals surface area contributed by atoms with E-state index in [2.05, 4.69) is 20.8 Å². The van der Waals surface area contributed by atoms with Gasteiger partial charge in [-0.15, -0.1) is 0 Å². The van der Waals surface area contributed by atoms with Gasteiger partial charge in [0.05, 0.1) is 6.61 Å². The van der Waals surface area contributed by atoms with Crippen molar-refractivity contribution < 1.29 is 28.4 Å². The molecule has 0 bridgehead atoms. The van der Waals surface area contributed by atoms with Gasteiger partial charge in [-0.05, 0) is 37.5 Å². The summed E-state index contributed by atoms with van der Waals surface area (Å²) in [5.74, 6) is -0.881. The van der Waals surface area contributed by atoms with E-state index >= 15 is 0 Å². The normalized spacial score (nSPS) is 40.3. The molecule has 5 fully saturated rings. The Hall–Kier alpha value is -0.240. The molecule has 0 radical (unpaired) electrons. The van der Waals surface area contributed by atoms with Gasteiger partial charge in [0.1, 0.15) is 24.4 Å². The third-order valence-electron chi connectivity index (χ3n) is 7.53. The molecule has 5 aliphatic rings. The van der Waals surface area contributed by atoms with Crippen LogP contribution in [0, 0.1) is 5.41 Å². The van der Waals surface area contributed by atoms with Crippen LogP contribution in [0.25, 0.3) is 0 Å². The summed E-state index contributed by atoms with van der Waals surface area (Å²) in [6, 6.07) is 0. The molecule has 1 unspecified atom stereocenters. The van der Waals surface area contributed by atoms with E-state index in [9.17, 15) is 0 Å². The van der Waals surface area contributed by atoms with Gasteiger partial charge in [0, 0.05) is 32.3 Å². The zero-order valence-corrected chi connectivity index (χ0v) is 19.0. The second-order valence-electron chi connectivity index (χ2n) is 11.2. The van der Waals surface area contributed by atoms with Crippen LogP contribution in [-0.2, 0) is 28.4 Å². The van der Waals surface area contributed by atoms with Gasteiger partial charge in [0.25, 0.3) is 0 Å². The van der Waals surface area contributed by atoms with Crippen LogP contribution in [0.5, 0.6) is 0 Å². The van der Waals surface area contributed by atoms with E-state index in [1.54, 1.807) is 0 Å². The van der Waals surface area contributed by atoms with Crippen LogP contribution in [0.3, 0.4) is 0 Å². The van der Waals surface area contributed by atoms with Crippen molar-refractivity contribution in [2.45, 2.75) is 134 Å². The van der Waals surface area contributed by atoms with E-state index in [4.69, 9.17) is 28.4 Å². The highest BCUT2D eigenvalue weighted by molar-refractivity contribution is 5.01. The first-order chi connectivity index (χ1) is 14.4. The van der Waals surface area contributed by atoms with E-state index in [1.165, 1.54) is 25.7 Å². The third-order valence-corrected chi connectivity index (χ3v) is 7.53. The Kier molecular flexibility index (Phi) is 5.96. The SMILES string of the molecule is CC(C)(C)CCO[C@@H]1[C@H]2OC3(CCCCC3)O[C@H]2O[C@@H]1C1COC2(CCCCC2)O1. The summed E-state index contributed by atoms with van der Waals surface area (Å²) in [4.78, 5) is 0. The maximum absolute atomic E-state index is 6.57. The maximum atomic E-state index is 6.57. The van der Waals surface area contributed by atoms with Crippen LogP contribution in [-0.4, -0.2) is 55.5 Å². The average molecular weight is 425 g/mol. The van der Waals surface area contributed by atoms with Gasteiger partial charge in [0.15, 0.2) is 17.9 Å². The lowest BCUT2D eigenvalue weighted by Crippen LogP contribution is -2.46. The highest BCUT2D eigenvalue weighted by Gasteiger charge is 2.61. The first-order valence-corrected chi connectivity index (χ1v) is 12.3. The highest BCUT2D eigenvalue weighted by atomic mass is 16.9. The summed E-state index contributed by atoms with van der Waals surface area (Å²) in [6.07, 6.45) is 11.0. The smallest absolute Gasteiger partial charge is 0.190 e. The summed E-state index contributed by atoms with van der Waals surface area (Å²) in [5, 5.41) is 0. The van der Waals surface area contributed by atoms with Gasteiger partial charge in [0.2, 0.25) is 0 Å². The molecule has 30 heavy (non-hydrogen) atoms. The summed E-state index contributed by atoms with van der Waals surface area (Å²) < 4.78 is 38.6. The molecule has 2 saturated carbocycles. The number of rotatable bonds is 4. The molecule has 0 N–H and O–H groups in total. The lowest BCUT2D eigenvalue weighted by atomic mass is 9.93. The number of fused-ring (bicyclic) bond motifs is 1. The summed E-state index contributed by atoms with van der Waals surface area (Å²) >= 11 is 0. The Morgan fingerprint density at radius 1 is 0.800 bits per heavy atom. The molecule has 2 spiro atoms. The topological polar surface area (TPSA) is 55.4 Å². The van der Waals surface area contributed by atoms with Crippen molar-refractivity contribution in [1.82, 2.24) is 0 Å². The number of ether oxygens (including phenoxy) is 6. The molecule has 0 aromatic carbocycles. The van der Waals surface area contributed by atoms with Gasteiger partial charge in [-0.1, -0.05) is 33.6 Å². The molecular weight excluding hydrogens is 384 g/mol. The molecule has 3 aliphatic heterocycles. The largest absolute Gasteiger partial charge is 0.372 e. The predicted molar refractivity (Wildman–Crippen MR) is 111 cm³/mol. The van der Waals surface area contributed by atoms with Crippen LogP contribution in [0.1, 0.15) is 91.4 Å². The monoisotopic (exact) mass is 424 g/mol. The quantitative estimate of drug-likeness (QED) is 0.653. The fourth-order valence-electron chi connectivity index (χ4n) is 5.77. The molecule has 2 aliphatic carbocycles. The van der Waals surface area contributed by atoms with Crippen molar-refractivity contribution in [2.75, 3.05) is 13.2 Å². The van der Waals surface area contributed by atoms with E-state index in [0.717, 1.165) is 44.9 Å². The molecular formula is C24H40O6. The minimum atomic E-state index is -0.470. The van der Waals surface area contributed by atoms with Crippen molar-refractivity contribution in [2.24, 2.45) is 5.41 Å². The van der Waals surface area contributed by atoms with E-state index < -0.39 is 11.6 Å². The predicted octanol–water partition coefficient (Wildman–Crippen LogP) is 4.68. The fraction of sp³-hybridized carbons (Fsp3) is 1.00. The number of hydrogen-bond acceptors (Lipinski definition) is 6. The van der Waals surface area contributed by atoms with Gasteiger partial charge in [-0.25, -0.2) is 0 Å². The molecule has 6 nitrogen and oxygen atoms in total. The van der Waals surface area contributed by atoms with Crippen molar-refractivity contribution in [3.63, 3.8) is 0 Å². The van der Waals surface area contributed by atoms with Gasteiger partial charge in [-0.3, -0.25) is 0 Å². The van der Waals surface area contributed by atoms with Crippen molar-refractivity contribution in [3.05, 3.63) is 0 Å². The van der Waals surface area contributed by atoms with E-state index in [0.29, 0.717) is 13.2 Å². The molecule has 6 heteroatoms. The van der Waals surface area contributed by atoms with Crippen LogP contribution < -0.4 is 0 Å². The van der Waals surface area contributed by atoms with Crippen molar-refractivity contribution in [1.29, 1.82) is 0 Å². The van der Waals surface area contributed by atoms with Gasteiger partial charge < -0.3 is 28.4 Å². The lowest BCUT2D eigenvalue weighted by Gasteiger charge is -2.36. The summed E-state index contributed by atoms with van der Waals surface area (Å²) in [5.41, 5.74) is 0.227. The lowest BCUT2D eigenvalue weighted by molar-refractivity contribution is -0.262. The Morgan fingerprint density at radius 3 is 2.13 bits per heavy atom. The zero-order valence-electron chi connectivity index (χ0n) is 19.0. The highest BCUT2D eigenvalue weighted by Crippen LogP contribution is 2.48. The minimum absolute atomic E-state index is 0.122. The summed E-state index contributed by atoms with van der Waals surface area (Å²) in [6.45, 7) is 7.99. The summed E-state index contributed by atoms with van der Waals surface area (Å²) in [7, 11) is 0. The van der Waals surface area contributed by atoms with Crippen LogP contribution in [0.15, 0.2) is 0 Å². The average Bonchev–Trinajstić information content (AvgIpc) is 3.35. The Balaban J connectivity index is 1.28. The molecule has 5 atom stereocenters. The first kappa shape index (κ1) is 21.6. The maximum Gasteiger partial charge on any atom is 0.190 e. The Labute approximate surface area is 181 Å². The zero-order chi connectivity index (χ0) is 20.8. The molecule has 172 valence electrons. The van der Waals surface area contributed by atoms with Crippen LogP contribution in [0.4, 0.5) is 0 Å². The van der Waals surface area contributed by atoms with E-state index in [-0.39, 0.29) is 36.1 Å².